The van der Waals surface area contributed by atoms with Crippen LogP contribution in [0.4, 0.5) is 0 Å². The van der Waals surface area contributed by atoms with Crippen molar-refractivity contribution < 1.29 is 4.74 Å². The predicted molar refractivity (Wildman–Crippen MR) is 76.3 cm³/mol. The predicted octanol–water partition coefficient (Wildman–Crippen LogP) is 2.25. The van der Waals surface area contributed by atoms with Gasteiger partial charge in [0.2, 0.25) is 0 Å². The van der Waals surface area contributed by atoms with Crippen molar-refractivity contribution in [2.45, 2.75) is 25.5 Å². The summed E-state index contributed by atoms with van der Waals surface area (Å²) in [5, 5.41) is 8.48. The van der Waals surface area contributed by atoms with Crippen LogP contribution in [0.1, 0.15) is 25.1 Å². The van der Waals surface area contributed by atoms with Gasteiger partial charge in [-0.25, -0.2) is 0 Å². The molecule has 1 N–H and O–H groups in total. The van der Waals surface area contributed by atoms with Crippen molar-refractivity contribution in [3.8, 4) is 0 Å². The first kappa shape index (κ1) is 14.2. The minimum Gasteiger partial charge on any atom is -0.374 e. The number of nitrogens with zero attached hydrogens (tertiary/aromatic N) is 2. The molecule has 0 saturated carbocycles. The van der Waals surface area contributed by atoms with E-state index in [1.807, 2.05) is 23.5 Å². The first-order chi connectivity index (χ1) is 8.74. The molecule has 0 aromatic carbocycles. The molecule has 1 aromatic heterocycles. The van der Waals surface area contributed by atoms with Gasteiger partial charge in [0.25, 0.3) is 0 Å². The zero-order chi connectivity index (χ0) is 13.0. The molecule has 0 spiro atoms. The molecule has 2 rings (SSSR count). The fourth-order valence-corrected chi connectivity index (χ4v) is 3.36. The maximum atomic E-state index is 6.25. The molecule has 2 heterocycles. The Morgan fingerprint density at radius 1 is 1.72 bits per heavy atom. The van der Waals surface area contributed by atoms with Crippen molar-refractivity contribution in [1.82, 2.24) is 15.1 Å². The molecule has 0 amide bonds. The van der Waals surface area contributed by atoms with Crippen molar-refractivity contribution in [2.24, 2.45) is 7.05 Å². The second-order valence-corrected chi connectivity index (χ2v) is 5.97. The monoisotopic (exact) mass is 289 g/mol. The standard InChI is InChI=1S/C12H20ClN3OS/c1-3-4-14-11(10-8-18-6-5-17-10)12-9(13)7-15-16(12)2/h7,10-11,14H,3-6,8H2,1-2H3. The van der Waals surface area contributed by atoms with E-state index < -0.39 is 0 Å². The number of thioether (sulfide) groups is 1. The van der Waals surface area contributed by atoms with Crippen LogP contribution in [0.3, 0.4) is 0 Å². The van der Waals surface area contributed by atoms with Crippen LogP contribution in [-0.2, 0) is 11.8 Å². The third-order valence-corrected chi connectivity index (χ3v) is 4.37. The highest BCUT2D eigenvalue weighted by Crippen LogP contribution is 2.29. The summed E-state index contributed by atoms with van der Waals surface area (Å²) in [6.45, 7) is 3.93. The van der Waals surface area contributed by atoms with Crippen molar-refractivity contribution in [3.05, 3.63) is 16.9 Å². The second-order valence-electron chi connectivity index (χ2n) is 4.42. The van der Waals surface area contributed by atoms with Gasteiger partial charge < -0.3 is 10.1 Å². The largest absolute Gasteiger partial charge is 0.374 e. The number of nitrogens with one attached hydrogen (secondary N) is 1. The molecule has 18 heavy (non-hydrogen) atoms. The van der Waals surface area contributed by atoms with Crippen LogP contribution in [-0.4, -0.2) is 40.5 Å². The van der Waals surface area contributed by atoms with E-state index in [0.29, 0.717) is 5.02 Å². The van der Waals surface area contributed by atoms with Gasteiger partial charge in [-0.3, -0.25) is 4.68 Å². The highest BCUT2D eigenvalue weighted by molar-refractivity contribution is 7.99. The zero-order valence-electron chi connectivity index (χ0n) is 10.9. The van der Waals surface area contributed by atoms with E-state index in [0.717, 1.165) is 36.8 Å². The summed E-state index contributed by atoms with van der Waals surface area (Å²) in [5.74, 6) is 2.08. The van der Waals surface area contributed by atoms with Gasteiger partial charge in [0.05, 0.1) is 35.7 Å². The summed E-state index contributed by atoms with van der Waals surface area (Å²) in [6.07, 6.45) is 2.96. The van der Waals surface area contributed by atoms with Crippen molar-refractivity contribution in [1.29, 1.82) is 0 Å². The second kappa shape index (κ2) is 6.80. The minimum absolute atomic E-state index is 0.123. The van der Waals surface area contributed by atoms with Gasteiger partial charge >= 0.3 is 0 Å². The van der Waals surface area contributed by atoms with Gasteiger partial charge in [-0.2, -0.15) is 16.9 Å². The number of ether oxygens (including phenoxy) is 1. The quantitative estimate of drug-likeness (QED) is 0.902. The van der Waals surface area contributed by atoms with Gasteiger partial charge in [0.15, 0.2) is 0 Å². The maximum Gasteiger partial charge on any atom is 0.0876 e. The van der Waals surface area contributed by atoms with Crippen molar-refractivity contribution >= 4 is 23.4 Å². The lowest BCUT2D eigenvalue weighted by atomic mass is 10.1. The van der Waals surface area contributed by atoms with Gasteiger partial charge in [-0.1, -0.05) is 18.5 Å². The molecule has 6 heteroatoms. The molecule has 1 saturated heterocycles. The lowest BCUT2D eigenvalue weighted by Gasteiger charge is -2.31. The molecule has 1 aliphatic rings. The van der Waals surface area contributed by atoms with Crippen LogP contribution in [0, 0.1) is 0 Å². The summed E-state index contributed by atoms with van der Waals surface area (Å²) < 4.78 is 7.73. The summed E-state index contributed by atoms with van der Waals surface area (Å²) in [7, 11) is 1.93. The first-order valence-corrected chi connectivity index (χ1v) is 7.87. The maximum absolute atomic E-state index is 6.25. The molecule has 1 fully saturated rings. The van der Waals surface area contributed by atoms with Gasteiger partial charge in [-0.05, 0) is 13.0 Å². The first-order valence-electron chi connectivity index (χ1n) is 6.34. The fourth-order valence-electron chi connectivity index (χ4n) is 2.17. The zero-order valence-corrected chi connectivity index (χ0v) is 12.4. The van der Waals surface area contributed by atoms with E-state index in [-0.39, 0.29) is 12.1 Å². The lowest BCUT2D eigenvalue weighted by molar-refractivity contribution is 0.0447. The average molecular weight is 290 g/mol. The van der Waals surface area contributed by atoms with Gasteiger partial charge in [0.1, 0.15) is 0 Å². The number of aromatic nitrogens is 2. The fraction of sp³-hybridized carbons (Fsp3) is 0.750. The highest BCUT2D eigenvalue weighted by atomic mass is 35.5. The number of halogens is 1. The highest BCUT2D eigenvalue weighted by Gasteiger charge is 2.29. The Bertz CT molecular complexity index is 360. The Kier molecular flexibility index (Phi) is 5.36. The van der Waals surface area contributed by atoms with Crippen LogP contribution >= 0.6 is 23.4 Å². The van der Waals surface area contributed by atoms with Crippen LogP contribution in [0.25, 0.3) is 0 Å². The molecule has 0 aliphatic carbocycles. The van der Waals surface area contributed by atoms with Crippen LogP contribution < -0.4 is 5.32 Å². The Morgan fingerprint density at radius 2 is 2.56 bits per heavy atom. The summed E-state index contributed by atoms with van der Waals surface area (Å²) in [6, 6.07) is 0.123. The third kappa shape index (κ3) is 3.20. The van der Waals surface area contributed by atoms with E-state index in [9.17, 15) is 0 Å². The smallest absolute Gasteiger partial charge is 0.0876 e. The van der Waals surface area contributed by atoms with E-state index >= 15 is 0 Å². The molecular formula is C12H20ClN3OS. The number of hydrogen-bond acceptors (Lipinski definition) is 4. The normalized spacial score (nSPS) is 22.1. The van der Waals surface area contributed by atoms with Crippen LogP contribution in [0.2, 0.25) is 5.02 Å². The molecule has 1 aromatic rings. The van der Waals surface area contributed by atoms with Crippen molar-refractivity contribution in [3.63, 3.8) is 0 Å². The summed E-state index contributed by atoms with van der Waals surface area (Å²) >= 11 is 8.19. The Hall–Kier alpha value is -0.230. The molecule has 2 unspecified atom stereocenters. The number of aryl methyl sites for hydroxylation is 1. The number of hydrogen-bond donors (Lipinski definition) is 1. The Morgan fingerprint density at radius 3 is 3.11 bits per heavy atom. The topological polar surface area (TPSA) is 39.1 Å². The molecule has 1 aliphatic heterocycles. The van der Waals surface area contributed by atoms with Crippen LogP contribution in [0.15, 0.2) is 6.20 Å². The van der Waals surface area contributed by atoms with E-state index in [1.54, 1.807) is 6.20 Å². The lowest BCUT2D eigenvalue weighted by Crippen LogP contribution is -2.39. The Balaban J connectivity index is 2.18. The molecule has 102 valence electrons. The van der Waals surface area contributed by atoms with Crippen LogP contribution in [0.5, 0.6) is 0 Å². The van der Waals surface area contributed by atoms with E-state index in [2.05, 4.69) is 17.3 Å². The molecular weight excluding hydrogens is 270 g/mol. The Labute approximate surface area is 117 Å². The van der Waals surface area contributed by atoms with Crippen molar-refractivity contribution in [2.75, 3.05) is 24.7 Å². The third-order valence-electron chi connectivity index (χ3n) is 3.06. The number of rotatable bonds is 5. The van der Waals surface area contributed by atoms with E-state index in [1.165, 1.54) is 0 Å². The average Bonchev–Trinajstić information content (AvgIpc) is 2.72. The summed E-state index contributed by atoms with van der Waals surface area (Å²) in [5.41, 5.74) is 1.03. The molecule has 4 nitrogen and oxygen atoms in total. The van der Waals surface area contributed by atoms with Gasteiger partial charge in [0, 0.05) is 18.6 Å². The SMILES string of the molecule is CCCNC(c1c(Cl)cnn1C)C1CSCCO1. The molecule has 0 radical (unpaired) electrons. The van der Waals surface area contributed by atoms with Gasteiger partial charge in [-0.15, -0.1) is 0 Å². The van der Waals surface area contributed by atoms with E-state index in [4.69, 9.17) is 16.3 Å². The molecule has 0 bridgehead atoms. The molecule has 2 atom stereocenters. The summed E-state index contributed by atoms with van der Waals surface area (Å²) in [4.78, 5) is 0. The minimum atomic E-state index is 0.123.